The van der Waals surface area contributed by atoms with Crippen LogP contribution in [-0.2, 0) is 0 Å². The Labute approximate surface area is 150 Å². The molecule has 26 heavy (non-hydrogen) atoms. The van der Waals surface area contributed by atoms with Crippen molar-refractivity contribution in [3.8, 4) is 17.7 Å². The third kappa shape index (κ3) is 2.80. The Kier molecular flexibility index (Phi) is 4.09. The standard InChI is InChI=1S/C19H18N4O3/c20-9-14-15(16-18(24)22-10-23-19(16)26-17(14)21)11-5-7-13(8-6-11)25-12-3-1-2-4-12/h5-8,10,12,15H,1-4,21H2,(H,22,23,24). The third-order valence-electron chi connectivity index (χ3n) is 4.84. The maximum Gasteiger partial charge on any atom is 0.258 e. The number of aromatic amines is 1. The molecule has 1 aromatic heterocycles. The number of nitriles is 1. The molecule has 1 aromatic carbocycles. The van der Waals surface area contributed by atoms with E-state index in [0.29, 0.717) is 0 Å². The van der Waals surface area contributed by atoms with Crippen LogP contribution in [0.1, 0.15) is 42.7 Å². The minimum Gasteiger partial charge on any atom is -0.490 e. The zero-order valence-corrected chi connectivity index (χ0v) is 14.1. The average molecular weight is 350 g/mol. The molecular formula is C19H18N4O3. The lowest BCUT2D eigenvalue weighted by Crippen LogP contribution is -2.28. The largest absolute Gasteiger partial charge is 0.490 e. The van der Waals surface area contributed by atoms with Crippen molar-refractivity contribution in [3.05, 3.63) is 63.5 Å². The summed E-state index contributed by atoms with van der Waals surface area (Å²) in [5.41, 5.74) is 6.75. The molecule has 0 spiro atoms. The van der Waals surface area contributed by atoms with Crippen LogP contribution in [0.25, 0.3) is 0 Å². The normalized spacial score (nSPS) is 19.6. The molecule has 2 heterocycles. The highest BCUT2D eigenvalue weighted by molar-refractivity contribution is 5.53. The number of H-pyrrole nitrogens is 1. The van der Waals surface area contributed by atoms with Gasteiger partial charge >= 0.3 is 0 Å². The van der Waals surface area contributed by atoms with Gasteiger partial charge in [-0.3, -0.25) is 4.79 Å². The predicted molar refractivity (Wildman–Crippen MR) is 93.5 cm³/mol. The number of nitrogens with one attached hydrogen (secondary N) is 1. The number of nitrogens with two attached hydrogens (primary N) is 1. The highest BCUT2D eigenvalue weighted by atomic mass is 16.5. The van der Waals surface area contributed by atoms with Crippen molar-refractivity contribution in [1.82, 2.24) is 9.97 Å². The number of hydrogen-bond donors (Lipinski definition) is 2. The van der Waals surface area contributed by atoms with Crippen LogP contribution in [-0.4, -0.2) is 16.1 Å². The fraction of sp³-hybridized carbons (Fsp3) is 0.316. The number of hydrogen-bond acceptors (Lipinski definition) is 6. The van der Waals surface area contributed by atoms with Crippen molar-refractivity contribution < 1.29 is 9.47 Å². The lowest BCUT2D eigenvalue weighted by molar-refractivity contribution is 0.210. The van der Waals surface area contributed by atoms with Crippen LogP contribution < -0.4 is 20.8 Å². The molecule has 4 rings (SSSR count). The van der Waals surface area contributed by atoms with Crippen molar-refractivity contribution in [2.45, 2.75) is 37.7 Å². The molecule has 0 radical (unpaired) electrons. The van der Waals surface area contributed by atoms with Gasteiger partial charge in [-0.2, -0.15) is 5.26 Å². The number of rotatable bonds is 3. The van der Waals surface area contributed by atoms with Crippen molar-refractivity contribution in [3.63, 3.8) is 0 Å². The lowest BCUT2D eigenvalue weighted by Gasteiger charge is -2.24. The monoisotopic (exact) mass is 350 g/mol. The van der Waals surface area contributed by atoms with E-state index >= 15 is 0 Å². The summed E-state index contributed by atoms with van der Waals surface area (Å²) in [4.78, 5) is 18.9. The minimum atomic E-state index is -0.623. The van der Waals surface area contributed by atoms with Gasteiger partial charge in [-0.15, -0.1) is 0 Å². The number of fused-ring (bicyclic) bond motifs is 1. The van der Waals surface area contributed by atoms with Gasteiger partial charge in [-0.05, 0) is 43.4 Å². The zero-order valence-electron chi connectivity index (χ0n) is 14.1. The molecule has 7 heteroatoms. The summed E-state index contributed by atoms with van der Waals surface area (Å²) in [6.45, 7) is 0. The first-order chi connectivity index (χ1) is 12.7. The molecule has 132 valence electrons. The Morgan fingerprint density at radius 1 is 1.27 bits per heavy atom. The van der Waals surface area contributed by atoms with Gasteiger partial charge in [0.05, 0.1) is 23.9 Å². The van der Waals surface area contributed by atoms with E-state index in [2.05, 4.69) is 16.0 Å². The Bertz CT molecular complexity index is 950. The van der Waals surface area contributed by atoms with Crippen LogP contribution >= 0.6 is 0 Å². The van der Waals surface area contributed by atoms with Gasteiger partial charge < -0.3 is 20.2 Å². The van der Waals surface area contributed by atoms with Crippen molar-refractivity contribution in [2.24, 2.45) is 5.73 Å². The molecule has 1 saturated carbocycles. The van der Waals surface area contributed by atoms with E-state index in [1.807, 2.05) is 24.3 Å². The second kappa shape index (κ2) is 6.56. The van der Waals surface area contributed by atoms with Crippen molar-refractivity contribution in [1.29, 1.82) is 5.26 Å². The maximum atomic E-state index is 12.3. The molecule has 0 amide bonds. The fourth-order valence-corrected chi connectivity index (χ4v) is 3.57. The Hall–Kier alpha value is -3.27. The second-order valence-corrected chi connectivity index (χ2v) is 6.47. The molecule has 0 bridgehead atoms. The Morgan fingerprint density at radius 3 is 2.69 bits per heavy atom. The van der Waals surface area contributed by atoms with Crippen LogP contribution in [0, 0.1) is 11.3 Å². The molecule has 3 N–H and O–H groups in total. The summed E-state index contributed by atoms with van der Waals surface area (Å²) in [6, 6.07) is 9.48. The topological polar surface area (TPSA) is 114 Å². The molecule has 2 aliphatic rings. The lowest BCUT2D eigenvalue weighted by atomic mass is 9.85. The minimum absolute atomic E-state index is 0.0330. The molecule has 0 saturated heterocycles. The number of aromatic nitrogens is 2. The SMILES string of the molecule is N#CC1=C(N)Oc2nc[nH]c(=O)c2C1c1ccc(OC2CCCC2)cc1. The quantitative estimate of drug-likeness (QED) is 0.878. The van der Waals surface area contributed by atoms with E-state index in [1.54, 1.807) is 0 Å². The van der Waals surface area contributed by atoms with Gasteiger partial charge in [0.1, 0.15) is 17.4 Å². The third-order valence-corrected chi connectivity index (χ3v) is 4.84. The molecule has 1 fully saturated rings. The van der Waals surface area contributed by atoms with Crippen LogP contribution in [0.2, 0.25) is 0 Å². The van der Waals surface area contributed by atoms with Gasteiger partial charge in [0.2, 0.25) is 11.8 Å². The number of ether oxygens (including phenoxy) is 2. The van der Waals surface area contributed by atoms with Crippen LogP contribution in [0.4, 0.5) is 0 Å². The Balaban J connectivity index is 1.71. The molecule has 7 nitrogen and oxygen atoms in total. The zero-order chi connectivity index (χ0) is 18.1. The van der Waals surface area contributed by atoms with E-state index in [1.165, 1.54) is 19.2 Å². The van der Waals surface area contributed by atoms with Crippen LogP contribution in [0.5, 0.6) is 11.6 Å². The number of nitrogens with zero attached hydrogens (tertiary/aromatic N) is 2. The highest BCUT2D eigenvalue weighted by Gasteiger charge is 2.34. The van der Waals surface area contributed by atoms with E-state index in [0.717, 1.165) is 24.2 Å². The Morgan fingerprint density at radius 2 is 2.00 bits per heavy atom. The van der Waals surface area contributed by atoms with E-state index < -0.39 is 5.92 Å². The number of benzene rings is 1. The van der Waals surface area contributed by atoms with Gasteiger partial charge in [0.15, 0.2) is 0 Å². The van der Waals surface area contributed by atoms with Crippen molar-refractivity contribution in [2.75, 3.05) is 0 Å². The van der Waals surface area contributed by atoms with Crippen molar-refractivity contribution >= 4 is 0 Å². The first-order valence-corrected chi connectivity index (χ1v) is 8.59. The van der Waals surface area contributed by atoms with Gasteiger partial charge in [0.25, 0.3) is 5.56 Å². The first kappa shape index (κ1) is 16.2. The number of allylic oxidation sites excluding steroid dienone is 1. The summed E-state index contributed by atoms with van der Waals surface area (Å²) in [6.07, 6.45) is 6.07. The fourth-order valence-electron chi connectivity index (χ4n) is 3.57. The predicted octanol–water partition coefficient (Wildman–Crippen LogP) is 2.31. The van der Waals surface area contributed by atoms with Gasteiger partial charge in [-0.1, -0.05) is 12.1 Å². The average Bonchev–Trinajstić information content (AvgIpc) is 3.14. The summed E-state index contributed by atoms with van der Waals surface area (Å²) in [5, 5.41) is 9.53. The summed E-state index contributed by atoms with van der Waals surface area (Å²) >= 11 is 0. The van der Waals surface area contributed by atoms with E-state index in [-0.39, 0.29) is 34.6 Å². The highest BCUT2D eigenvalue weighted by Crippen LogP contribution is 2.39. The van der Waals surface area contributed by atoms with Gasteiger partial charge in [0, 0.05) is 0 Å². The summed E-state index contributed by atoms with van der Waals surface area (Å²) in [7, 11) is 0. The first-order valence-electron chi connectivity index (χ1n) is 8.59. The molecule has 1 atom stereocenters. The molecule has 1 unspecified atom stereocenters. The van der Waals surface area contributed by atoms with Crippen LogP contribution in [0.15, 0.2) is 46.8 Å². The van der Waals surface area contributed by atoms with Gasteiger partial charge in [-0.25, -0.2) is 4.98 Å². The molecule has 1 aliphatic heterocycles. The summed E-state index contributed by atoms with van der Waals surface area (Å²) < 4.78 is 11.3. The summed E-state index contributed by atoms with van der Waals surface area (Å²) in [5.74, 6) is 0.251. The van der Waals surface area contributed by atoms with E-state index in [4.69, 9.17) is 15.2 Å². The van der Waals surface area contributed by atoms with Crippen LogP contribution in [0.3, 0.4) is 0 Å². The molecular weight excluding hydrogens is 332 g/mol. The van der Waals surface area contributed by atoms with E-state index in [9.17, 15) is 10.1 Å². The maximum absolute atomic E-state index is 12.3. The molecule has 1 aliphatic carbocycles. The second-order valence-electron chi connectivity index (χ2n) is 6.47. The molecule has 2 aromatic rings. The smallest absolute Gasteiger partial charge is 0.258 e.